The standard InChI is InChI=1S/C23H24FN3O2/c1-3-4-16-26(20-8-6-5-7-9-20)23(29)17(2)27-22(28)15-14-21(25-27)18-10-12-19(24)13-11-18/h5-15,17H,3-4,16H2,1-2H3. The zero-order valence-corrected chi connectivity index (χ0v) is 16.6. The highest BCUT2D eigenvalue weighted by Gasteiger charge is 2.24. The third-order valence-corrected chi connectivity index (χ3v) is 4.76. The fourth-order valence-electron chi connectivity index (χ4n) is 3.10. The largest absolute Gasteiger partial charge is 0.311 e. The first-order valence-electron chi connectivity index (χ1n) is 9.73. The minimum Gasteiger partial charge on any atom is -0.311 e. The molecule has 0 N–H and O–H groups in total. The third-order valence-electron chi connectivity index (χ3n) is 4.76. The predicted octanol–water partition coefficient (Wildman–Crippen LogP) is 4.44. The van der Waals surface area contributed by atoms with E-state index in [0.29, 0.717) is 17.8 Å². The van der Waals surface area contributed by atoms with E-state index in [1.165, 1.54) is 22.9 Å². The lowest BCUT2D eigenvalue weighted by Crippen LogP contribution is -2.40. The smallest absolute Gasteiger partial charge is 0.267 e. The Hall–Kier alpha value is -3.28. The first kappa shape index (κ1) is 20.5. The second-order valence-electron chi connectivity index (χ2n) is 6.86. The molecule has 0 aliphatic carbocycles. The van der Waals surface area contributed by atoms with Crippen molar-refractivity contribution in [2.75, 3.05) is 11.4 Å². The van der Waals surface area contributed by atoms with Crippen molar-refractivity contribution in [2.45, 2.75) is 32.7 Å². The van der Waals surface area contributed by atoms with Gasteiger partial charge >= 0.3 is 0 Å². The van der Waals surface area contributed by atoms with E-state index in [0.717, 1.165) is 18.5 Å². The van der Waals surface area contributed by atoms with E-state index in [9.17, 15) is 14.0 Å². The van der Waals surface area contributed by atoms with Gasteiger partial charge in [-0.2, -0.15) is 5.10 Å². The number of unbranched alkanes of at least 4 members (excludes halogenated alkanes) is 1. The minimum atomic E-state index is -0.778. The zero-order valence-electron chi connectivity index (χ0n) is 16.6. The maximum Gasteiger partial charge on any atom is 0.267 e. The normalized spacial score (nSPS) is 11.8. The van der Waals surface area contributed by atoms with Crippen LogP contribution < -0.4 is 10.5 Å². The van der Waals surface area contributed by atoms with Crippen molar-refractivity contribution >= 4 is 11.6 Å². The number of rotatable bonds is 7. The molecule has 0 fully saturated rings. The van der Waals surface area contributed by atoms with Gasteiger partial charge in [0.25, 0.3) is 11.5 Å². The number of carbonyl (C=O) groups is 1. The monoisotopic (exact) mass is 393 g/mol. The Bertz CT molecular complexity index is 1020. The summed E-state index contributed by atoms with van der Waals surface area (Å²) in [4.78, 5) is 27.4. The quantitative estimate of drug-likeness (QED) is 0.596. The summed E-state index contributed by atoms with van der Waals surface area (Å²) in [6.45, 7) is 4.30. The van der Waals surface area contributed by atoms with Crippen LogP contribution in [0.3, 0.4) is 0 Å². The molecule has 0 radical (unpaired) electrons. The van der Waals surface area contributed by atoms with Gasteiger partial charge in [0.05, 0.1) is 5.69 Å². The average Bonchev–Trinajstić information content (AvgIpc) is 2.75. The number of amides is 1. The van der Waals surface area contributed by atoms with Gasteiger partial charge < -0.3 is 4.90 Å². The Kier molecular flexibility index (Phi) is 6.54. The van der Waals surface area contributed by atoms with Gasteiger partial charge in [-0.15, -0.1) is 0 Å². The van der Waals surface area contributed by atoms with Crippen molar-refractivity contribution in [1.82, 2.24) is 9.78 Å². The van der Waals surface area contributed by atoms with E-state index in [1.54, 1.807) is 30.0 Å². The van der Waals surface area contributed by atoms with Crippen LogP contribution in [0.1, 0.15) is 32.7 Å². The second-order valence-corrected chi connectivity index (χ2v) is 6.86. The summed E-state index contributed by atoms with van der Waals surface area (Å²) in [7, 11) is 0. The van der Waals surface area contributed by atoms with Gasteiger partial charge in [0, 0.05) is 23.9 Å². The van der Waals surface area contributed by atoms with Crippen LogP contribution in [0.25, 0.3) is 11.3 Å². The number of para-hydroxylation sites is 1. The number of anilines is 1. The predicted molar refractivity (Wildman–Crippen MR) is 112 cm³/mol. The van der Waals surface area contributed by atoms with Gasteiger partial charge in [-0.3, -0.25) is 9.59 Å². The molecule has 0 bridgehead atoms. The van der Waals surface area contributed by atoms with E-state index in [1.807, 2.05) is 30.3 Å². The molecular weight excluding hydrogens is 369 g/mol. The van der Waals surface area contributed by atoms with Crippen LogP contribution in [0.4, 0.5) is 10.1 Å². The van der Waals surface area contributed by atoms with Gasteiger partial charge in [-0.1, -0.05) is 31.5 Å². The molecule has 6 heteroatoms. The molecule has 5 nitrogen and oxygen atoms in total. The number of nitrogens with zero attached hydrogens (tertiary/aromatic N) is 3. The Morgan fingerprint density at radius 3 is 2.41 bits per heavy atom. The molecule has 0 spiro atoms. The Morgan fingerprint density at radius 2 is 1.76 bits per heavy atom. The van der Waals surface area contributed by atoms with E-state index in [2.05, 4.69) is 12.0 Å². The van der Waals surface area contributed by atoms with Gasteiger partial charge in [0.1, 0.15) is 11.9 Å². The highest BCUT2D eigenvalue weighted by molar-refractivity contribution is 5.95. The molecule has 1 amide bonds. The number of benzene rings is 2. The van der Waals surface area contributed by atoms with Crippen LogP contribution >= 0.6 is 0 Å². The Balaban J connectivity index is 1.94. The van der Waals surface area contributed by atoms with Crippen LogP contribution in [0.2, 0.25) is 0 Å². The van der Waals surface area contributed by atoms with E-state index >= 15 is 0 Å². The number of carbonyl (C=O) groups excluding carboxylic acids is 1. The highest BCUT2D eigenvalue weighted by Crippen LogP contribution is 2.20. The van der Waals surface area contributed by atoms with Crippen molar-refractivity contribution in [3.8, 4) is 11.3 Å². The van der Waals surface area contributed by atoms with Crippen LogP contribution in [-0.4, -0.2) is 22.2 Å². The third kappa shape index (κ3) is 4.77. The second kappa shape index (κ2) is 9.28. The average molecular weight is 393 g/mol. The van der Waals surface area contributed by atoms with Gasteiger partial charge in [0.2, 0.25) is 0 Å². The molecule has 3 aromatic rings. The fourth-order valence-corrected chi connectivity index (χ4v) is 3.10. The SMILES string of the molecule is CCCCN(C(=O)C(C)n1nc(-c2ccc(F)cc2)ccc1=O)c1ccccc1. The molecule has 0 saturated heterocycles. The van der Waals surface area contributed by atoms with Gasteiger partial charge in [-0.25, -0.2) is 9.07 Å². The summed E-state index contributed by atoms with van der Waals surface area (Å²) in [5, 5.41) is 4.38. The van der Waals surface area contributed by atoms with Crippen LogP contribution in [0.15, 0.2) is 71.5 Å². The van der Waals surface area contributed by atoms with Crippen molar-refractivity contribution in [3.63, 3.8) is 0 Å². The van der Waals surface area contributed by atoms with Crippen molar-refractivity contribution in [2.24, 2.45) is 0 Å². The van der Waals surface area contributed by atoms with E-state index in [4.69, 9.17) is 0 Å². The summed E-state index contributed by atoms with van der Waals surface area (Å²) in [6, 6.07) is 17.5. The molecule has 2 aromatic carbocycles. The molecule has 1 unspecified atom stereocenters. The maximum absolute atomic E-state index is 13.3. The van der Waals surface area contributed by atoms with Crippen molar-refractivity contribution < 1.29 is 9.18 Å². The molecule has 3 rings (SSSR count). The van der Waals surface area contributed by atoms with Gasteiger partial charge in [-0.05, 0) is 55.8 Å². The van der Waals surface area contributed by atoms with Crippen LogP contribution in [0.5, 0.6) is 0 Å². The van der Waals surface area contributed by atoms with Crippen molar-refractivity contribution in [1.29, 1.82) is 0 Å². The molecule has 150 valence electrons. The molecule has 1 atom stereocenters. The lowest BCUT2D eigenvalue weighted by atomic mass is 10.1. The fraction of sp³-hybridized carbons (Fsp3) is 0.261. The topological polar surface area (TPSA) is 55.2 Å². The summed E-state index contributed by atoms with van der Waals surface area (Å²) in [5.74, 6) is -0.546. The number of hydrogen-bond donors (Lipinski definition) is 0. The van der Waals surface area contributed by atoms with Crippen LogP contribution in [-0.2, 0) is 4.79 Å². The lowest BCUT2D eigenvalue weighted by molar-refractivity contribution is -0.121. The van der Waals surface area contributed by atoms with Crippen LogP contribution in [0, 0.1) is 5.82 Å². The molecule has 0 saturated carbocycles. The number of aromatic nitrogens is 2. The lowest BCUT2D eigenvalue weighted by Gasteiger charge is -2.26. The molecule has 0 aliphatic rings. The Labute approximate surface area is 169 Å². The summed E-state index contributed by atoms with van der Waals surface area (Å²) in [6.07, 6.45) is 1.80. The van der Waals surface area contributed by atoms with E-state index in [-0.39, 0.29) is 17.3 Å². The summed E-state index contributed by atoms with van der Waals surface area (Å²) < 4.78 is 14.4. The zero-order chi connectivity index (χ0) is 20.8. The first-order valence-corrected chi connectivity index (χ1v) is 9.73. The highest BCUT2D eigenvalue weighted by atomic mass is 19.1. The van der Waals surface area contributed by atoms with E-state index < -0.39 is 6.04 Å². The molecule has 0 aliphatic heterocycles. The summed E-state index contributed by atoms with van der Waals surface area (Å²) >= 11 is 0. The molecule has 1 aromatic heterocycles. The number of halogens is 1. The number of hydrogen-bond acceptors (Lipinski definition) is 3. The van der Waals surface area contributed by atoms with Gasteiger partial charge in [0.15, 0.2) is 0 Å². The maximum atomic E-state index is 13.3. The molecule has 1 heterocycles. The minimum absolute atomic E-state index is 0.199. The Morgan fingerprint density at radius 1 is 1.07 bits per heavy atom. The molecular formula is C23H24FN3O2. The molecule has 29 heavy (non-hydrogen) atoms. The summed E-state index contributed by atoms with van der Waals surface area (Å²) in [5.41, 5.74) is 1.61. The van der Waals surface area contributed by atoms with Crippen molar-refractivity contribution in [3.05, 3.63) is 82.9 Å². The first-order chi connectivity index (χ1) is 14.0.